The fourth-order valence-electron chi connectivity index (χ4n) is 1.20. The van der Waals surface area contributed by atoms with E-state index >= 15 is 0 Å². The Labute approximate surface area is 79.2 Å². The van der Waals surface area contributed by atoms with Crippen LogP contribution in [0.2, 0.25) is 0 Å². The van der Waals surface area contributed by atoms with Gasteiger partial charge in [0.2, 0.25) is 0 Å². The summed E-state index contributed by atoms with van der Waals surface area (Å²) in [7, 11) is 0. The van der Waals surface area contributed by atoms with E-state index in [0.717, 1.165) is 19.5 Å². The number of aromatic nitrogens is 2. The molecule has 1 aromatic rings. The second-order valence-corrected chi connectivity index (χ2v) is 2.89. The van der Waals surface area contributed by atoms with E-state index in [1.165, 1.54) is 5.69 Å². The van der Waals surface area contributed by atoms with Crippen molar-refractivity contribution < 1.29 is 0 Å². The second-order valence-electron chi connectivity index (χ2n) is 2.89. The molecule has 0 aliphatic rings. The summed E-state index contributed by atoms with van der Waals surface area (Å²) >= 11 is 0. The molecule has 0 spiro atoms. The van der Waals surface area contributed by atoms with Crippen molar-refractivity contribution in [3.8, 4) is 12.3 Å². The van der Waals surface area contributed by atoms with E-state index in [1.807, 2.05) is 12.5 Å². The normalized spacial score (nSPS) is 9.85. The van der Waals surface area contributed by atoms with E-state index in [4.69, 9.17) is 6.42 Å². The van der Waals surface area contributed by atoms with Crippen LogP contribution in [0.5, 0.6) is 0 Å². The van der Waals surface area contributed by atoms with Gasteiger partial charge in [-0.1, -0.05) is 12.8 Å². The second kappa shape index (κ2) is 5.39. The SMILES string of the molecule is C#CCNCc1cncn1CCC. The Balaban J connectivity index is 2.46. The van der Waals surface area contributed by atoms with Gasteiger partial charge in [-0.2, -0.15) is 0 Å². The van der Waals surface area contributed by atoms with Crippen LogP contribution < -0.4 is 5.32 Å². The number of aryl methyl sites for hydroxylation is 1. The van der Waals surface area contributed by atoms with Gasteiger partial charge in [0, 0.05) is 19.3 Å². The topological polar surface area (TPSA) is 29.9 Å². The van der Waals surface area contributed by atoms with Crippen molar-refractivity contribution in [3.63, 3.8) is 0 Å². The Morgan fingerprint density at radius 2 is 2.54 bits per heavy atom. The van der Waals surface area contributed by atoms with Crippen molar-refractivity contribution in [2.24, 2.45) is 0 Å². The molecule has 13 heavy (non-hydrogen) atoms. The average molecular weight is 177 g/mol. The predicted molar refractivity (Wildman–Crippen MR) is 53.1 cm³/mol. The van der Waals surface area contributed by atoms with E-state index in [0.29, 0.717) is 6.54 Å². The van der Waals surface area contributed by atoms with Gasteiger partial charge in [0.05, 0.1) is 18.6 Å². The van der Waals surface area contributed by atoms with Crippen molar-refractivity contribution in [3.05, 3.63) is 18.2 Å². The number of hydrogen-bond acceptors (Lipinski definition) is 2. The maximum atomic E-state index is 5.13. The van der Waals surface area contributed by atoms with Crippen LogP contribution in [0.1, 0.15) is 19.0 Å². The zero-order valence-corrected chi connectivity index (χ0v) is 7.95. The molecule has 0 saturated carbocycles. The largest absolute Gasteiger partial charge is 0.333 e. The van der Waals surface area contributed by atoms with Crippen LogP contribution in [0, 0.1) is 12.3 Å². The molecule has 0 saturated heterocycles. The predicted octanol–water partition coefficient (Wildman–Crippen LogP) is 1.02. The van der Waals surface area contributed by atoms with E-state index < -0.39 is 0 Å². The number of rotatable bonds is 5. The summed E-state index contributed by atoms with van der Waals surface area (Å²) in [4.78, 5) is 4.09. The minimum atomic E-state index is 0.608. The van der Waals surface area contributed by atoms with Gasteiger partial charge in [0.1, 0.15) is 0 Å². The third-order valence-electron chi connectivity index (χ3n) is 1.80. The fraction of sp³-hybridized carbons (Fsp3) is 0.500. The lowest BCUT2D eigenvalue weighted by atomic mass is 10.4. The van der Waals surface area contributed by atoms with Crippen molar-refractivity contribution in [1.29, 1.82) is 0 Å². The van der Waals surface area contributed by atoms with Crippen molar-refractivity contribution in [1.82, 2.24) is 14.9 Å². The Hall–Kier alpha value is -1.27. The van der Waals surface area contributed by atoms with Crippen molar-refractivity contribution in [2.45, 2.75) is 26.4 Å². The zero-order valence-electron chi connectivity index (χ0n) is 7.95. The molecule has 1 heterocycles. The first kappa shape index (κ1) is 9.82. The van der Waals surface area contributed by atoms with E-state index in [1.54, 1.807) is 0 Å². The van der Waals surface area contributed by atoms with Crippen LogP contribution in [0.4, 0.5) is 0 Å². The van der Waals surface area contributed by atoms with Crippen LogP contribution in [0.25, 0.3) is 0 Å². The lowest BCUT2D eigenvalue weighted by Gasteiger charge is -2.05. The maximum Gasteiger partial charge on any atom is 0.0948 e. The molecule has 1 N–H and O–H groups in total. The first-order chi connectivity index (χ1) is 6.38. The molecule has 3 heteroatoms. The van der Waals surface area contributed by atoms with Gasteiger partial charge in [0.15, 0.2) is 0 Å². The first-order valence-corrected chi connectivity index (χ1v) is 4.51. The van der Waals surface area contributed by atoms with Gasteiger partial charge in [0.25, 0.3) is 0 Å². The summed E-state index contributed by atoms with van der Waals surface area (Å²) in [6.07, 6.45) is 9.98. The molecule has 70 valence electrons. The Morgan fingerprint density at radius 1 is 1.69 bits per heavy atom. The lowest BCUT2D eigenvalue weighted by Crippen LogP contribution is -2.16. The monoisotopic (exact) mass is 177 g/mol. The highest BCUT2D eigenvalue weighted by molar-refractivity contribution is 4.99. The molecule has 3 nitrogen and oxygen atoms in total. The highest BCUT2D eigenvalue weighted by Gasteiger charge is 1.98. The molecule has 1 rings (SSSR count). The Kier molecular flexibility index (Phi) is 4.07. The summed E-state index contributed by atoms with van der Waals surface area (Å²) < 4.78 is 2.14. The van der Waals surface area contributed by atoms with E-state index in [-0.39, 0.29) is 0 Å². The molecular weight excluding hydrogens is 162 g/mol. The molecular formula is C10H15N3. The van der Waals surface area contributed by atoms with Crippen LogP contribution in [-0.4, -0.2) is 16.1 Å². The van der Waals surface area contributed by atoms with Gasteiger partial charge in [-0.3, -0.25) is 0 Å². The number of nitrogens with one attached hydrogen (secondary N) is 1. The lowest BCUT2D eigenvalue weighted by molar-refractivity contribution is 0.619. The van der Waals surface area contributed by atoms with Crippen molar-refractivity contribution >= 4 is 0 Å². The Bertz CT molecular complexity index is 283. The minimum absolute atomic E-state index is 0.608. The van der Waals surface area contributed by atoms with Crippen LogP contribution in [0.3, 0.4) is 0 Å². The smallest absolute Gasteiger partial charge is 0.0948 e. The highest BCUT2D eigenvalue weighted by atomic mass is 15.1. The standard InChI is InChI=1S/C10H15N3/c1-3-5-11-7-10-8-12-9-13(10)6-4-2/h1,8-9,11H,4-7H2,2H3. The molecule has 0 aliphatic carbocycles. The summed E-state index contributed by atoms with van der Waals surface area (Å²) in [5.74, 6) is 2.54. The summed E-state index contributed by atoms with van der Waals surface area (Å²) in [6, 6.07) is 0. The van der Waals surface area contributed by atoms with E-state index in [9.17, 15) is 0 Å². The number of terminal acetylenes is 1. The minimum Gasteiger partial charge on any atom is -0.333 e. The molecule has 1 aromatic heterocycles. The highest BCUT2D eigenvalue weighted by Crippen LogP contribution is 1.99. The molecule has 0 fully saturated rings. The molecule has 0 atom stereocenters. The maximum absolute atomic E-state index is 5.13. The molecule has 0 amide bonds. The molecule has 0 radical (unpaired) electrons. The number of nitrogens with zero attached hydrogens (tertiary/aromatic N) is 2. The zero-order chi connectivity index (χ0) is 9.52. The van der Waals surface area contributed by atoms with Gasteiger partial charge in [-0.15, -0.1) is 6.42 Å². The van der Waals surface area contributed by atoms with Crippen LogP contribution >= 0.6 is 0 Å². The number of hydrogen-bond donors (Lipinski definition) is 1. The van der Waals surface area contributed by atoms with Gasteiger partial charge in [-0.25, -0.2) is 4.98 Å². The quantitative estimate of drug-likeness (QED) is 0.537. The summed E-state index contributed by atoms with van der Waals surface area (Å²) in [5, 5.41) is 3.14. The van der Waals surface area contributed by atoms with Crippen LogP contribution in [-0.2, 0) is 13.1 Å². The fourth-order valence-corrected chi connectivity index (χ4v) is 1.20. The molecule has 0 unspecified atom stereocenters. The molecule has 0 aromatic carbocycles. The first-order valence-electron chi connectivity index (χ1n) is 4.51. The van der Waals surface area contributed by atoms with E-state index in [2.05, 4.69) is 27.7 Å². The Morgan fingerprint density at radius 3 is 3.23 bits per heavy atom. The van der Waals surface area contributed by atoms with Gasteiger partial charge in [-0.05, 0) is 6.42 Å². The number of imidazole rings is 1. The molecule has 0 bridgehead atoms. The van der Waals surface area contributed by atoms with Gasteiger partial charge < -0.3 is 9.88 Å². The van der Waals surface area contributed by atoms with Crippen molar-refractivity contribution in [2.75, 3.05) is 6.54 Å². The van der Waals surface area contributed by atoms with Crippen LogP contribution in [0.15, 0.2) is 12.5 Å². The summed E-state index contributed by atoms with van der Waals surface area (Å²) in [5.41, 5.74) is 1.19. The van der Waals surface area contributed by atoms with Gasteiger partial charge >= 0.3 is 0 Å². The third-order valence-corrected chi connectivity index (χ3v) is 1.80. The molecule has 0 aliphatic heterocycles. The average Bonchev–Trinajstić information content (AvgIpc) is 2.54. The third kappa shape index (κ3) is 2.92. The summed E-state index contributed by atoms with van der Waals surface area (Å²) in [6.45, 7) is 4.58.